The molecule has 0 aliphatic heterocycles. The Morgan fingerprint density at radius 3 is 2.89 bits per heavy atom. The van der Waals surface area contributed by atoms with Gasteiger partial charge in [0.25, 0.3) is 0 Å². The Morgan fingerprint density at radius 1 is 1.44 bits per heavy atom. The lowest BCUT2D eigenvalue weighted by atomic mass is 9.81. The number of aryl methyl sites for hydroxylation is 1. The average molecular weight is 262 g/mol. The molecule has 3 rings (SSSR count). The number of hydrogen-bond acceptors (Lipinski definition) is 1. The molecule has 0 bridgehead atoms. The molecule has 18 heavy (non-hydrogen) atoms. The van der Waals surface area contributed by atoms with E-state index in [4.69, 9.17) is 11.6 Å². The summed E-state index contributed by atoms with van der Waals surface area (Å²) in [4.78, 5) is 12.3. The van der Waals surface area contributed by atoms with Gasteiger partial charge in [-0.2, -0.15) is 0 Å². The highest BCUT2D eigenvalue weighted by atomic mass is 35.5. The van der Waals surface area contributed by atoms with Gasteiger partial charge in [0.1, 0.15) is 0 Å². The van der Waals surface area contributed by atoms with Gasteiger partial charge in [0, 0.05) is 41.2 Å². The molecule has 1 saturated carbocycles. The van der Waals surface area contributed by atoms with Crippen LogP contribution in [-0.2, 0) is 7.05 Å². The van der Waals surface area contributed by atoms with E-state index >= 15 is 0 Å². The molecule has 2 aromatic rings. The summed E-state index contributed by atoms with van der Waals surface area (Å²) in [5.41, 5.74) is 1.87. The van der Waals surface area contributed by atoms with Gasteiger partial charge in [0.05, 0.1) is 0 Å². The first-order valence-electron chi connectivity index (χ1n) is 6.43. The van der Waals surface area contributed by atoms with Crippen LogP contribution in [0.15, 0.2) is 24.4 Å². The Bertz CT molecular complexity index is 610. The number of ketones is 1. The SMILES string of the molecule is Cn1cc(C(=O)CC2CCC2)c2ccc(Cl)cc21. The number of nitrogens with zero attached hydrogens (tertiary/aromatic N) is 1. The highest BCUT2D eigenvalue weighted by Crippen LogP contribution is 2.32. The van der Waals surface area contributed by atoms with E-state index < -0.39 is 0 Å². The average Bonchev–Trinajstić information content (AvgIpc) is 2.61. The number of fused-ring (bicyclic) bond motifs is 1. The van der Waals surface area contributed by atoms with Gasteiger partial charge in [-0.05, 0) is 18.1 Å². The number of rotatable bonds is 3. The number of hydrogen-bond donors (Lipinski definition) is 0. The molecule has 0 saturated heterocycles. The van der Waals surface area contributed by atoms with Crippen LogP contribution >= 0.6 is 11.6 Å². The maximum absolute atomic E-state index is 12.3. The first-order valence-corrected chi connectivity index (χ1v) is 6.81. The van der Waals surface area contributed by atoms with E-state index in [1.54, 1.807) is 0 Å². The molecule has 94 valence electrons. The van der Waals surface area contributed by atoms with E-state index in [1.165, 1.54) is 19.3 Å². The Balaban J connectivity index is 1.98. The smallest absolute Gasteiger partial charge is 0.165 e. The molecule has 3 heteroatoms. The Hall–Kier alpha value is -1.28. The molecule has 0 amide bonds. The normalized spacial score (nSPS) is 15.9. The van der Waals surface area contributed by atoms with Crippen molar-refractivity contribution in [2.24, 2.45) is 13.0 Å². The maximum atomic E-state index is 12.3. The second-order valence-electron chi connectivity index (χ2n) is 5.24. The van der Waals surface area contributed by atoms with Crippen LogP contribution in [0.5, 0.6) is 0 Å². The fourth-order valence-corrected chi connectivity index (χ4v) is 2.81. The van der Waals surface area contributed by atoms with Crippen LogP contribution in [0, 0.1) is 5.92 Å². The van der Waals surface area contributed by atoms with Gasteiger partial charge in [-0.15, -0.1) is 0 Å². The fourth-order valence-electron chi connectivity index (χ4n) is 2.65. The van der Waals surface area contributed by atoms with Gasteiger partial charge < -0.3 is 4.57 Å². The van der Waals surface area contributed by atoms with Crippen LogP contribution in [0.4, 0.5) is 0 Å². The van der Waals surface area contributed by atoms with E-state index in [-0.39, 0.29) is 5.78 Å². The summed E-state index contributed by atoms with van der Waals surface area (Å²) in [5.74, 6) is 0.882. The fraction of sp³-hybridized carbons (Fsp3) is 0.400. The standard InChI is InChI=1S/C15H16ClNO/c1-17-9-13(15(18)7-10-3-2-4-10)12-6-5-11(16)8-14(12)17/h5-6,8-10H,2-4,7H2,1H3. The molecule has 0 radical (unpaired) electrons. The van der Waals surface area contributed by atoms with Gasteiger partial charge >= 0.3 is 0 Å². The molecule has 0 unspecified atom stereocenters. The predicted molar refractivity (Wildman–Crippen MR) is 74.2 cm³/mol. The quantitative estimate of drug-likeness (QED) is 0.759. The zero-order valence-corrected chi connectivity index (χ0v) is 11.2. The highest BCUT2D eigenvalue weighted by molar-refractivity contribution is 6.31. The monoisotopic (exact) mass is 261 g/mol. The van der Waals surface area contributed by atoms with Crippen LogP contribution in [0.3, 0.4) is 0 Å². The lowest BCUT2D eigenvalue weighted by molar-refractivity contribution is 0.0938. The van der Waals surface area contributed by atoms with Crippen molar-refractivity contribution < 1.29 is 4.79 Å². The van der Waals surface area contributed by atoms with Crippen molar-refractivity contribution in [3.8, 4) is 0 Å². The second kappa shape index (κ2) is 4.43. The number of carbonyl (C=O) groups is 1. The molecule has 1 aliphatic rings. The second-order valence-corrected chi connectivity index (χ2v) is 5.68. The van der Waals surface area contributed by atoms with Crippen molar-refractivity contribution in [2.45, 2.75) is 25.7 Å². The lowest BCUT2D eigenvalue weighted by Gasteiger charge is -2.24. The van der Waals surface area contributed by atoms with Crippen molar-refractivity contribution in [3.63, 3.8) is 0 Å². The zero-order valence-electron chi connectivity index (χ0n) is 10.4. The van der Waals surface area contributed by atoms with Gasteiger partial charge in [0.2, 0.25) is 0 Å². The minimum absolute atomic E-state index is 0.271. The molecule has 0 spiro atoms. The first-order chi connectivity index (χ1) is 8.65. The van der Waals surface area contributed by atoms with Crippen molar-refractivity contribution in [1.29, 1.82) is 0 Å². The summed E-state index contributed by atoms with van der Waals surface area (Å²) in [6.45, 7) is 0. The largest absolute Gasteiger partial charge is 0.350 e. The highest BCUT2D eigenvalue weighted by Gasteiger charge is 2.23. The van der Waals surface area contributed by atoms with Crippen LogP contribution in [-0.4, -0.2) is 10.4 Å². The van der Waals surface area contributed by atoms with Crippen LogP contribution < -0.4 is 0 Å². The van der Waals surface area contributed by atoms with Crippen LogP contribution in [0.1, 0.15) is 36.0 Å². The van der Waals surface area contributed by atoms with Gasteiger partial charge in [0.15, 0.2) is 5.78 Å². The van der Waals surface area contributed by atoms with Crippen molar-refractivity contribution in [3.05, 3.63) is 35.0 Å². The summed E-state index contributed by atoms with van der Waals surface area (Å²) in [7, 11) is 1.96. The predicted octanol–water partition coefficient (Wildman–Crippen LogP) is 4.20. The number of benzene rings is 1. The molecular weight excluding hydrogens is 246 g/mol. The number of aromatic nitrogens is 1. The summed E-state index contributed by atoms with van der Waals surface area (Å²) in [6, 6.07) is 5.71. The van der Waals surface area contributed by atoms with E-state index in [2.05, 4.69) is 0 Å². The molecular formula is C15H16ClNO. The first kappa shape index (κ1) is 11.8. The molecule has 1 aliphatic carbocycles. The molecule has 1 fully saturated rings. The molecule has 1 aromatic carbocycles. The van der Waals surface area contributed by atoms with Crippen molar-refractivity contribution >= 4 is 28.3 Å². The number of carbonyl (C=O) groups excluding carboxylic acids is 1. The third-order valence-corrected chi connectivity index (χ3v) is 4.19. The van der Waals surface area contributed by atoms with Crippen molar-refractivity contribution in [1.82, 2.24) is 4.57 Å². The van der Waals surface area contributed by atoms with Gasteiger partial charge in [-0.25, -0.2) is 0 Å². The maximum Gasteiger partial charge on any atom is 0.165 e. The number of halogens is 1. The Morgan fingerprint density at radius 2 is 2.22 bits per heavy atom. The van der Waals surface area contributed by atoms with Crippen LogP contribution in [0.25, 0.3) is 10.9 Å². The topological polar surface area (TPSA) is 22.0 Å². The summed E-state index contributed by atoms with van der Waals surface area (Å²) in [6.07, 6.45) is 6.33. The minimum Gasteiger partial charge on any atom is -0.350 e. The molecule has 1 aromatic heterocycles. The van der Waals surface area contributed by atoms with Crippen LogP contribution in [0.2, 0.25) is 5.02 Å². The molecule has 0 N–H and O–H groups in total. The van der Waals surface area contributed by atoms with Gasteiger partial charge in [-0.3, -0.25) is 4.79 Å². The third kappa shape index (κ3) is 1.95. The number of Topliss-reactive ketones (excluding diaryl/α,β-unsaturated/α-hetero) is 1. The molecule has 1 heterocycles. The molecule has 2 nitrogen and oxygen atoms in total. The molecule has 0 atom stereocenters. The van der Waals surface area contributed by atoms with E-state index in [9.17, 15) is 4.79 Å². The van der Waals surface area contributed by atoms with E-state index in [0.717, 1.165) is 16.5 Å². The van der Waals surface area contributed by atoms with E-state index in [1.807, 2.05) is 36.0 Å². The van der Waals surface area contributed by atoms with Crippen molar-refractivity contribution in [2.75, 3.05) is 0 Å². The Labute approximate surface area is 112 Å². The minimum atomic E-state index is 0.271. The lowest BCUT2D eigenvalue weighted by Crippen LogP contribution is -2.15. The summed E-state index contributed by atoms with van der Waals surface area (Å²) >= 11 is 6.00. The van der Waals surface area contributed by atoms with E-state index in [0.29, 0.717) is 17.4 Å². The zero-order chi connectivity index (χ0) is 12.7. The third-order valence-electron chi connectivity index (χ3n) is 3.95. The summed E-state index contributed by atoms with van der Waals surface area (Å²) in [5, 5.41) is 1.73. The summed E-state index contributed by atoms with van der Waals surface area (Å²) < 4.78 is 1.98. The Kier molecular flexibility index (Phi) is 2.90. The van der Waals surface area contributed by atoms with Gasteiger partial charge in [-0.1, -0.05) is 36.9 Å².